The zero-order valence-corrected chi connectivity index (χ0v) is 5.37. The molecule has 0 aromatic carbocycles. The van der Waals surface area contributed by atoms with Gasteiger partial charge in [-0.3, -0.25) is 4.79 Å². The van der Waals surface area contributed by atoms with Crippen LogP contribution in [0.4, 0.5) is 0 Å². The number of carbonyl (C=O) groups excluding carboxylic acids is 1. The van der Waals surface area contributed by atoms with Crippen LogP contribution in [0.5, 0.6) is 0 Å². The van der Waals surface area contributed by atoms with Gasteiger partial charge < -0.3 is 0 Å². The van der Waals surface area contributed by atoms with Crippen LogP contribution in [0.25, 0.3) is 0 Å². The Morgan fingerprint density at radius 2 is 2.43 bits per heavy atom. The molecule has 1 aliphatic heterocycles. The quantitative estimate of drug-likeness (QED) is 0.437. The van der Waals surface area contributed by atoms with Gasteiger partial charge >= 0.3 is 0 Å². The van der Waals surface area contributed by atoms with Crippen LogP contribution in [0.2, 0.25) is 0 Å². The van der Waals surface area contributed by atoms with Gasteiger partial charge in [-0.1, -0.05) is 0 Å². The number of hydrogen-bond donors (Lipinski definition) is 0. The van der Waals surface area contributed by atoms with Crippen LogP contribution in [0.1, 0.15) is 12.8 Å². The Morgan fingerprint density at radius 1 is 1.71 bits per heavy atom. The molecule has 0 N–H and O–H groups in total. The summed E-state index contributed by atoms with van der Waals surface area (Å²) in [6.45, 7) is 2.07. The maximum absolute atomic E-state index is 10.6. The predicted octanol–water partition coefficient (Wildman–Crippen LogP) is 1.42. The highest BCUT2D eigenvalue weighted by Crippen LogP contribution is 2.40. The molecule has 7 heavy (non-hydrogen) atoms. The van der Waals surface area contributed by atoms with Gasteiger partial charge in [0.2, 0.25) is 0 Å². The summed E-state index contributed by atoms with van der Waals surface area (Å²) in [6, 6.07) is 0. The third kappa shape index (κ3) is 1.01. The summed E-state index contributed by atoms with van der Waals surface area (Å²) in [4.78, 5) is 10.6. The number of carbonyl (C=O) groups is 1. The van der Waals surface area contributed by atoms with Crippen molar-refractivity contribution >= 4 is 13.4 Å². The van der Waals surface area contributed by atoms with Crippen molar-refractivity contribution in [3.05, 3.63) is 0 Å². The van der Waals surface area contributed by atoms with E-state index in [2.05, 4.69) is 6.66 Å². The van der Waals surface area contributed by atoms with E-state index in [0.717, 1.165) is 12.8 Å². The summed E-state index contributed by atoms with van der Waals surface area (Å²) in [6.07, 6.45) is 3.21. The molecule has 1 heterocycles. The molecule has 1 aliphatic rings. The minimum atomic E-state index is -0.165. The van der Waals surface area contributed by atoms with Gasteiger partial charge in [0.1, 0.15) is 0 Å². The monoisotopic (exact) mass is 116 g/mol. The van der Waals surface area contributed by atoms with Gasteiger partial charge in [-0.25, -0.2) is 0 Å². The van der Waals surface area contributed by atoms with Crippen molar-refractivity contribution in [2.45, 2.75) is 12.8 Å². The number of hydrogen-bond acceptors (Lipinski definition) is 1. The van der Waals surface area contributed by atoms with Gasteiger partial charge in [0.15, 0.2) is 5.52 Å². The van der Waals surface area contributed by atoms with Gasteiger partial charge in [0, 0.05) is 6.42 Å². The molecule has 0 radical (unpaired) electrons. The molecule has 1 fully saturated rings. The summed E-state index contributed by atoms with van der Waals surface area (Å²) in [5.74, 6) is 0. The zero-order chi connectivity index (χ0) is 5.28. The van der Waals surface area contributed by atoms with E-state index in [1.165, 1.54) is 6.16 Å². The van der Waals surface area contributed by atoms with E-state index < -0.39 is 0 Å². The molecule has 0 spiro atoms. The molecule has 1 saturated heterocycles. The second-order valence-corrected chi connectivity index (χ2v) is 4.26. The van der Waals surface area contributed by atoms with E-state index in [1.54, 1.807) is 0 Å². The molecule has 0 aliphatic carbocycles. The average Bonchev–Trinajstić information content (AvgIpc) is 1.91. The van der Waals surface area contributed by atoms with Crippen molar-refractivity contribution in [1.82, 2.24) is 0 Å². The van der Waals surface area contributed by atoms with Crippen LogP contribution < -0.4 is 0 Å². The Hall–Kier alpha value is 0.100. The maximum atomic E-state index is 10.6. The third-order valence-electron chi connectivity index (χ3n) is 1.31. The van der Waals surface area contributed by atoms with E-state index in [-0.39, 0.29) is 7.92 Å². The van der Waals surface area contributed by atoms with Gasteiger partial charge in [0.05, 0.1) is 0 Å². The molecule has 40 valence electrons. The molecule has 0 bridgehead atoms. The molecule has 2 heteroatoms. The van der Waals surface area contributed by atoms with Crippen molar-refractivity contribution in [2.75, 3.05) is 12.8 Å². The average molecular weight is 116 g/mol. The summed E-state index contributed by atoms with van der Waals surface area (Å²) >= 11 is 0. The molecular formula is C5H9OP. The van der Waals surface area contributed by atoms with E-state index in [4.69, 9.17) is 0 Å². The lowest BCUT2D eigenvalue weighted by Crippen LogP contribution is -1.81. The van der Waals surface area contributed by atoms with Crippen LogP contribution in [-0.4, -0.2) is 18.4 Å². The van der Waals surface area contributed by atoms with Crippen LogP contribution in [0.3, 0.4) is 0 Å². The molecular weight excluding hydrogens is 107 g/mol. The largest absolute Gasteiger partial charge is 0.295 e. The molecule has 1 nitrogen and oxygen atoms in total. The van der Waals surface area contributed by atoms with E-state index in [0.29, 0.717) is 5.52 Å². The summed E-state index contributed by atoms with van der Waals surface area (Å²) in [5.41, 5.74) is 0.523. The van der Waals surface area contributed by atoms with E-state index >= 15 is 0 Å². The van der Waals surface area contributed by atoms with Crippen LogP contribution in [0, 0.1) is 0 Å². The zero-order valence-electron chi connectivity index (χ0n) is 4.48. The Balaban J connectivity index is 2.48. The molecule has 0 aromatic rings. The minimum absolute atomic E-state index is 0.165. The first-order valence-corrected chi connectivity index (χ1v) is 4.52. The molecule has 0 saturated carbocycles. The van der Waals surface area contributed by atoms with Gasteiger partial charge in [-0.15, -0.1) is 0 Å². The topological polar surface area (TPSA) is 17.1 Å². The summed E-state index contributed by atoms with van der Waals surface area (Å²) in [5, 5.41) is 0. The standard InChI is InChI=1S/C5H9OP/c1-7-4-2-3-5(7)6/h2-4H2,1H3. The fourth-order valence-corrected chi connectivity index (χ4v) is 2.20. The highest BCUT2D eigenvalue weighted by molar-refractivity contribution is 7.74. The first kappa shape index (κ1) is 5.24. The van der Waals surface area contributed by atoms with Crippen LogP contribution in [-0.2, 0) is 4.79 Å². The summed E-state index contributed by atoms with van der Waals surface area (Å²) < 4.78 is 0. The molecule has 1 atom stereocenters. The van der Waals surface area contributed by atoms with E-state index in [9.17, 15) is 4.79 Å². The highest BCUT2D eigenvalue weighted by atomic mass is 31.1. The first-order valence-electron chi connectivity index (χ1n) is 2.54. The Kier molecular flexibility index (Phi) is 1.43. The molecule has 0 amide bonds. The van der Waals surface area contributed by atoms with Gasteiger partial charge in [-0.05, 0) is 27.2 Å². The van der Waals surface area contributed by atoms with Crippen LogP contribution >= 0.6 is 7.92 Å². The van der Waals surface area contributed by atoms with Crippen molar-refractivity contribution in [1.29, 1.82) is 0 Å². The molecule has 1 unspecified atom stereocenters. The Bertz CT molecular complexity index is 90.1. The van der Waals surface area contributed by atoms with Crippen LogP contribution in [0.15, 0.2) is 0 Å². The lowest BCUT2D eigenvalue weighted by atomic mass is 10.4. The van der Waals surface area contributed by atoms with Crippen molar-refractivity contribution < 1.29 is 4.79 Å². The normalized spacial score (nSPS) is 31.6. The minimum Gasteiger partial charge on any atom is -0.295 e. The van der Waals surface area contributed by atoms with Gasteiger partial charge in [0.25, 0.3) is 0 Å². The maximum Gasteiger partial charge on any atom is 0.154 e. The molecule has 0 aromatic heterocycles. The smallest absolute Gasteiger partial charge is 0.154 e. The first-order chi connectivity index (χ1) is 3.30. The second kappa shape index (κ2) is 1.92. The fourth-order valence-electron chi connectivity index (χ4n) is 0.783. The van der Waals surface area contributed by atoms with Crippen molar-refractivity contribution in [3.63, 3.8) is 0 Å². The SMILES string of the molecule is CP1CCCC1=O. The third-order valence-corrected chi connectivity index (χ3v) is 3.37. The fraction of sp³-hybridized carbons (Fsp3) is 0.800. The molecule has 1 rings (SSSR count). The lowest BCUT2D eigenvalue weighted by molar-refractivity contribution is -0.111. The van der Waals surface area contributed by atoms with Crippen molar-refractivity contribution in [3.8, 4) is 0 Å². The van der Waals surface area contributed by atoms with Crippen molar-refractivity contribution in [2.24, 2.45) is 0 Å². The number of rotatable bonds is 0. The second-order valence-electron chi connectivity index (χ2n) is 1.92. The Morgan fingerprint density at radius 3 is 2.57 bits per heavy atom. The highest BCUT2D eigenvalue weighted by Gasteiger charge is 2.17. The van der Waals surface area contributed by atoms with Gasteiger partial charge in [-0.2, -0.15) is 0 Å². The Labute approximate surface area is 44.9 Å². The lowest BCUT2D eigenvalue weighted by Gasteiger charge is -1.92. The van der Waals surface area contributed by atoms with E-state index in [1.807, 2.05) is 0 Å². The summed E-state index contributed by atoms with van der Waals surface area (Å²) in [7, 11) is -0.165. The predicted molar refractivity (Wildman–Crippen MR) is 32.0 cm³/mol.